The fourth-order valence-electron chi connectivity index (χ4n) is 11.6. The monoisotopic (exact) mass is 1350 g/mol. The highest BCUT2D eigenvalue weighted by Crippen LogP contribution is 2.49. The zero-order valence-corrected chi connectivity index (χ0v) is 56.5. The number of aromatic amines is 1. The predicted molar refractivity (Wildman–Crippen MR) is 360 cm³/mol. The summed E-state index contributed by atoms with van der Waals surface area (Å²) in [5.41, 5.74) is 3.08. The highest BCUT2D eigenvalue weighted by Gasteiger charge is 2.53. The fourth-order valence-corrected chi connectivity index (χ4v) is 11.8. The van der Waals surface area contributed by atoms with Crippen molar-refractivity contribution in [3.8, 4) is 5.75 Å². The van der Waals surface area contributed by atoms with Crippen LogP contribution in [0.15, 0.2) is 91.1 Å². The predicted octanol–water partition coefficient (Wildman–Crippen LogP) is 4.97. The number of carboxylic acid groups (broad SMARTS) is 1. The number of rotatable bonds is 17. The summed E-state index contributed by atoms with van der Waals surface area (Å²) in [6.45, 7) is 10.8. The van der Waals surface area contributed by atoms with Gasteiger partial charge in [0.25, 0.3) is 0 Å². The first-order chi connectivity index (χ1) is 45.4. The second kappa shape index (κ2) is 35.0. The number of aliphatic carboxylic acids is 1. The number of fused-ring (bicyclic) bond motifs is 1. The van der Waals surface area contributed by atoms with E-state index in [0.717, 1.165) is 12.0 Å². The van der Waals surface area contributed by atoms with Gasteiger partial charge < -0.3 is 68.8 Å². The lowest BCUT2D eigenvalue weighted by atomic mass is 9.90. The average Bonchev–Trinajstić information content (AvgIpc) is 1.61. The molecular weight excluding hydrogens is 1250 g/mol. The molecule has 1 spiro atoms. The maximum Gasteiger partial charge on any atom is 0.303 e. The van der Waals surface area contributed by atoms with Crippen LogP contribution in [-0.4, -0.2) is 139 Å². The number of phenols is 1. The summed E-state index contributed by atoms with van der Waals surface area (Å²) < 4.78 is 0. The van der Waals surface area contributed by atoms with Crippen LogP contribution in [0.4, 0.5) is 0 Å². The van der Waals surface area contributed by atoms with Gasteiger partial charge >= 0.3 is 5.97 Å². The molecule has 1 aromatic heterocycles. The zero-order valence-electron chi connectivity index (χ0n) is 55.8. The van der Waals surface area contributed by atoms with Gasteiger partial charge in [0.15, 0.2) is 5.78 Å². The second-order valence-corrected chi connectivity index (χ2v) is 26.9. The van der Waals surface area contributed by atoms with E-state index in [0.29, 0.717) is 65.6 Å². The first kappa shape index (κ1) is 75.9. The van der Waals surface area contributed by atoms with Crippen molar-refractivity contribution in [2.75, 3.05) is 0 Å². The number of H-pyrrole nitrogens is 1. The molecule has 1 aliphatic heterocycles. The molecule has 0 bridgehead atoms. The number of amides is 10. The van der Waals surface area contributed by atoms with E-state index in [4.69, 9.17) is 17.3 Å². The lowest BCUT2D eigenvalue weighted by Crippen LogP contribution is -2.63. The molecule has 6 rings (SSSR count). The third-order valence-corrected chi connectivity index (χ3v) is 17.9. The van der Waals surface area contributed by atoms with Crippen LogP contribution in [0, 0.1) is 11.3 Å². The molecule has 0 saturated heterocycles. The van der Waals surface area contributed by atoms with Gasteiger partial charge in [0.1, 0.15) is 53.1 Å². The quantitative estimate of drug-likeness (QED) is 0.0621. The van der Waals surface area contributed by atoms with Crippen LogP contribution in [0.2, 0.25) is 5.02 Å². The molecule has 25 nitrogen and oxygen atoms in total. The maximum atomic E-state index is 15.0. The van der Waals surface area contributed by atoms with E-state index >= 15 is 9.59 Å². The number of allylic oxidation sites excluding steroid dienone is 2. The van der Waals surface area contributed by atoms with E-state index in [-0.39, 0.29) is 63.0 Å². The Labute approximate surface area is 564 Å². The van der Waals surface area contributed by atoms with Gasteiger partial charge in [-0.25, -0.2) is 0 Å². The van der Waals surface area contributed by atoms with Crippen molar-refractivity contribution in [2.45, 2.75) is 217 Å². The molecule has 14 N–H and O–H groups in total. The van der Waals surface area contributed by atoms with Gasteiger partial charge in [0, 0.05) is 61.2 Å². The van der Waals surface area contributed by atoms with Crippen LogP contribution in [0.1, 0.15) is 161 Å². The van der Waals surface area contributed by atoms with Crippen LogP contribution in [0.5, 0.6) is 5.75 Å². The minimum absolute atomic E-state index is 0.0843. The first-order valence-electron chi connectivity index (χ1n) is 32.9. The van der Waals surface area contributed by atoms with E-state index in [9.17, 15) is 58.2 Å². The Balaban J connectivity index is 1.38. The third-order valence-electron chi connectivity index (χ3n) is 17.6. The van der Waals surface area contributed by atoms with E-state index in [1.54, 1.807) is 48.7 Å². The van der Waals surface area contributed by atoms with Gasteiger partial charge in [-0.05, 0) is 139 Å². The van der Waals surface area contributed by atoms with E-state index in [2.05, 4.69) is 52.8 Å². The number of hydrogen-bond donors (Lipinski definition) is 13. The molecule has 26 heteroatoms. The molecule has 2 heterocycles. The van der Waals surface area contributed by atoms with E-state index in [1.807, 2.05) is 32.1 Å². The number of hydrogen-bond acceptors (Lipinski definition) is 13. The SMILES string of the molecule is CC(=O)N[C@@H](Cc1ccccc1)C(=O)N[C@]1(C)CCCCCCC=CCCC[C@@](C)(C(=O)NC(C)C(N)=O)NC(=O)[C@H](CC(C)C)NC(=O)C2(CC2)CC(=O)[C@H](CCC(=O)O)NC(=O)[C@H](Cc2c[nH]c3cc(Cl)ccc23)NC(=O)[C@H](Cc2ccc(O)cc2)NC(=O)C(C)NC1=O. The summed E-state index contributed by atoms with van der Waals surface area (Å²) in [4.78, 5) is 171. The number of carbonyl (C=O) groups is 12. The van der Waals surface area contributed by atoms with Crippen molar-refractivity contribution < 1.29 is 67.7 Å². The summed E-state index contributed by atoms with van der Waals surface area (Å²) in [6.07, 6.45) is 8.25. The molecule has 2 unspecified atom stereocenters. The van der Waals surface area contributed by atoms with Gasteiger partial charge in [-0.2, -0.15) is 0 Å². The molecular formula is C70H94ClN11O14. The Morgan fingerprint density at radius 1 is 0.688 bits per heavy atom. The van der Waals surface area contributed by atoms with Crippen molar-refractivity contribution in [3.05, 3.63) is 113 Å². The zero-order chi connectivity index (χ0) is 70.5. The summed E-state index contributed by atoms with van der Waals surface area (Å²) in [7, 11) is 0. The summed E-state index contributed by atoms with van der Waals surface area (Å²) in [6, 6.07) is 10.3. The number of carboxylic acids is 1. The van der Waals surface area contributed by atoms with Gasteiger partial charge in [-0.1, -0.05) is 105 Å². The Morgan fingerprint density at radius 3 is 1.96 bits per heavy atom. The minimum atomic E-state index is -1.68. The molecule has 4 aromatic rings. The molecule has 1 fully saturated rings. The fraction of sp³-hybridized carbons (Fsp3) is 0.514. The number of halogens is 1. The summed E-state index contributed by atoms with van der Waals surface area (Å²) in [5, 5.41) is 45.9. The minimum Gasteiger partial charge on any atom is -0.508 e. The number of phenolic OH excluding ortho intramolecular Hbond substituents is 1. The average molecular weight is 1350 g/mol. The first-order valence-corrected chi connectivity index (χ1v) is 33.3. The number of aromatic nitrogens is 1. The maximum absolute atomic E-state index is 15.0. The lowest BCUT2D eigenvalue weighted by Gasteiger charge is -2.33. The molecule has 0 radical (unpaired) electrons. The third kappa shape index (κ3) is 22.8. The van der Waals surface area contributed by atoms with Crippen molar-refractivity contribution in [1.82, 2.24) is 52.8 Å². The van der Waals surface area contributed by atoms with Gasteiger partial charge in [0.2, 0.25) is 59.1 Å². The number of nitrogens with two attached hydrogens (primary N) is 1. The summed E-state index contributed by atoms with van der Waals surface area (Å²) in [5.74, 6) is -9.81. The molecule has 10 amide bonds. The van der Waals surface area contributed by atoms with E-state index in [1.165, 1.54) is 58.9 Å². The molecule has 1 saturated carbocycles. The lowest BCUT2D eigenvalue weighted by molar-refractivity contribution is -0.139. The molecule has 520 valence electrons. The molecule has 1 aliphatic carbocycles. The normalized spacial score (nSPS) is 24.0. The van der Waals surface area contributed by atoms with Crippen LogP contribution in [0.25, 0.3) is 10.9 Å². The number of ketones is 1. The molecule has 2 aliphatic rings. The Kier molecular flexibility index (Phi) is 27.7. The Morgan fingerprint density at radius 2 is 1.32 bits per heavy atom. The number of aromatic hydroxyl groups is 1. The van der Waals surface area contributed by atoms with Crippen LogP contribution in [0.3, 0.4) is 0 Å². The standard InChI is InChI=1S/C70H94ClN11O14/c1-41(2)34-53-63(92)81-68(6,65(94)74-42(3)59(72)88)30-18-13-11-9-8-10-12-14-19-31-69(7,82-64(93)55(76-44(5)83)35-45-20-16-15-17-21-45)66(95)75-43(4)60(89)78-54(36-46-22-25-49(84)26-23-46)61(90)79-56(37-47-40-73-52-38-48(71)24-27-50(47)52)62(91)77-51(28-29-58(86)87)57(85)39-70(32-33-70)67(96)80-53/h9,11,15-17,20-27,38,40-43,51,53-56,73,84H,8,10,12-14,18-19,28-37,39H2,1-7H3,(H2,72,88)(H,74,94)(H,75,95)(H,76,83)(H,77,91)(H,78,89)(H,79,90)(H,80,96)(H,81,92)(H,82,93)(H,86,87)/t42?,43?,51-,53-,54-,55-,56-,68-,69+/m0/s1. The van der Waals surface area contributed by atoms with Crippen LogP contribution in [-0.2, 0) is 76.8 Å². The summed E-state index contributed by atoms with van der Waals surface area (Å²) >= 11 is 6.34. The Hall–Kier alpha value is -9.13. The number of carbonyl (C=O) groups excluding carboxylic acids is 11. The van der Waals surface area contributed by atoms with Crippen molar-refractivity contribution in [1.29, 1.82) is 0 Å². The second-order valence-electron chi connectivity index (χ2n) is 26.5. The highest BCUT2D eigenvalue weighted by molar-refractivity contribution is 6.31. The van der Waals surface area contributed by atoms with Crippen molar-refractivity contribution in [2.24, 2.45) is 17.1 Å². The van der Waals surface area contributed by atoms with Crippen LogP contribution >= 0.6 is 11.6 Å². The number of Topliss-reactive ketones (excluding diaryl/α,β-unsaturated/α-hetero) is 1. The van der Waals surface area contributed by atoms with Gasteiger partial charge in [-0.3, -0.25) is 57.5 Å². The van der Waals surface area contributed by atoms with Gasteiger partial charge in [-0.15, -0.1) is 0 Å². The van der Waals surface area contributed by atoms with Gasteiger partial charge in [0.05, 0.1) is 11.5 Å². The van der Waals surface area contributed by atoms with Crippen LogP contribution < -0.4 is 53.6 Å². The number of benzene rings is 3. The molecule has 96 heavy (non-hydrogen) atoms. The number of nitrogens with one attached hydrogen (secondary N) is 10. The molecule has 9 atom stereocenters. The van der Waals surface area contributed by atoms with Crippen molar-refractivity contribution in [3.63, 3.8) is 0 Å². The van der Waals surface area contributed by atoms with Crippen molar-refractivity contribution >= 4 is 93.3 Å². The van der Waals surface area contributed by atoms with E-state index < -0.39 is 149 Å². The highest BCUT2D eigenvalue weighted by atomic mass is 35.5. The number of primary amides is 1. The largest absolute Gasteiger partial charge is 0.508 e. The Bertz CT molecular complexity index is 3480. The topological polar surface area (TPSA) is 395 Å². The molecule has 3 aromatic carbocycles. The smallest absolute Gasteiger partial charge is 0.303 e.